The molecule has 2 heterocycles. The van der Waals surface area contributed by atoms with Crippen LogP contribution in [0.25, 0.3) is 11.4 Å². The number of nitrogens with zero attached hydrogens (tertiary/aromatic N) is 4. The Balaban J connectivity index is 1.56. The second-order valence-electron chi connectivity index (χ2n) is 10.9. The summed E-state index contributed by atoms with van der Waals surface area (Å²) in [5, 5.41) is 0. The zero-order chi connectivity index (χ0) is 26.3. The zero-order valence-corrected chi connectivity index (χ0v) is 22.4. The second-order valence-corrected chi connectivity index (χ2v) is 10.9. The number of likely N-dealkylation sites (tertiary alicyclic amines) is 2. The molecule has 0 saturated carbocycles. The predicted molar refractivity (Wildman–Crippen MR) is 146 cm³/mol. The normalized spacial score (nSPS) is 20.9. The largest absolute Gasteiger partial charge is 0.481 e. The monoisotopic (exact) mass is 500 g/mol. The van der Waals surface area contributed by atoms with Crippen LogP contribution in [0.3, 0.4) is 0 Å². The van der Waals surface area contributed by atoms with Crippen LogP contribution < -0.4 is 0 Å². The molecule has 1 aromatic carbocycles. The molecule has 0 N–H and O–H groups in total. The lowest BCUT2D eigenvalue weighted by Gasteiger charge is -2.34. The first kappa shape index (κ1) is 28.0. The van der Waals surface area contributed by atoms with E-state index in [0.29, 0.717) is 47.7 Å². The van der Waals surface area contributed by atoms with Crippen LogP contribution in [0.1, 0.15) is 64.5 Å². The minimum absolute atomic E-state index is 0.329. The van der Waals surface area contributed by atoms with E-state index in [-0.39, 0.29) is 5.82 Å². The Morgan fingerprint density at radius 1 is 1.22 bits per heavy atom. The number of hydrogen-bond acceptors (Lipinski definition) is 5. The minimum atomic E-state index is -1.17. The third-order valence-corrected chi connectivity index (χ3v) is 6.99. The van der Waals surface area contributed by atoms with Crippen molar-refractivity contribution in [3.05, 3.63) is 47.9 Å². The highest BCUT2D eigenvalue weighted by Gasteiger charge is 2.25. The quantitative estimate of drug-likeness (QED) is 0.290. The average molecular weight is 501 g/mol. The van der Waals surface area contributed by atoms with Crippen molar-refractivity contribution in [2.45, 2.75) is 59.0 Å². The maximum absolute atomic E-state index is 15.0. The van der Waals surface area contributed by atoms with Crippen LogP contribution in [-0.2, 0) is 4.74 Å². The predicted octanol–water partition coefficient (Wildman–Crippen LogP) is 6.42. The Morgan fingerprint density at radius 2 is 1.94 bits per heavy atom. The van der Waals surface area contributed by atoms with Gasteiger partial charge in [-0.15, -0.1) is 0 Å². The number of rotatable bonds is 9. The summed E-state index contributed by atoms with van der Waals surface area (Å²) in [5.74, 6) is 1.20. The Morgan fingerprint density at radius 3 is 2.56 bits per heavy atom. The molecule has 0 radical (unpaired) electrons. The van der Waals surface area contributed by atoms with E-state index in [0.717, 1.165) is 51.1 Å². The Bertz CT molecular complexity index is 974. The third-order valence-electron chi connectivity index (χ3n) is 6.99. The highest BCUT2D eigenvalue weighted by Crippen LogP contribution is 2.28. The van der Waals surface area contributed by atoms with E-state index in [4.69, 9.17) is 4.74 Å². The number of hydrogen-bond donors (Lipinski definition) is 0. The molecular formula is C29H42F2N4O. The Kier molecular flexibility index (Phi) is 9.83. The summed E-state index contributed by atoms with van der Waals surface area (Å²) in [6.07, 6.45) is 5.82. The van der Waals surface area contributed by atoms with Crippen molar-refractivity contribution in [1.29, 1.82) is 0 Å². The number of ether oxygens (including phenoxy) is 1. The van der Waals surface area contributed by atoms with Gasteiger partial charge in [-0.3, -0.25) is 4.99 Å². The molecule has 3 rings (SSSR count). The molecule has 5 nitrogen and oxygen atoms in total. The molecule has 2 aliphatic rings. The van der Waals surface area contributed by atoms with E-state index in [1.54, 1.807) is 33.0 Å². The van der Waals surface area contributed by atoms with Crippen molar-refractivity contribution < 1.29 is 13.5 Å². The average Bonchev–Trinajstić information content (AvgIpc) is 2.83. The van der Waals surface area contributed by atoms with E-state index in [2.05, 4.69) is 40.0 Å². The van der Waals surface area contributed by atoms with Crippen molar-refractivity contribution in [2.24, 2.45) is 21.8 Å². The third kappa shape index (κ3) is 8.26. The van der Waals surface area contributed by atoms with E-state index in [1.807, 2.05) is 6.07 Å². The van der Waals surface area contributed by atoms with Crippen LogP contribution >= 0.6 is 0 Å². The van der Waals surface area contributed by atoms with Crippen molar-refractivity contribution in [2.75, 3.05) is 39.3 Å². The molecule has 1 atom stereocenters. The molecule has 0 aromatic heterocycles. The lowest BCUT2D eigenvalue weighted by molar-refractivity contribution is 0.0819. The van der Waals surface area contributed by atoms with Gasteiger partial charge in [-0.25, -0.2) is 13.8 Å². The smallest absolute Gasteiger partial charge is 0.184 e. The molecule has 1 unspecified atom stereocenters. The SMILES string of the molecule is C=N/C(=C\N=C(C)OCC1CCN(CC(C)(C)F)CC1)c1ccc(C(=C)N2CCCC(C)C2)c(F)c1. The molecule has 2 aliphatic heterocycles. The lowest BCUT2D eigenvalue weighted by atomic mass is 9.97. The fourth-order valence-corrected chi connectivity index (χ4v) is 4.99. The fraction of sp³-hybridized carbons (Fsp3) is 0.586. The van der Waals surface area contributed by atoms with Gasteiger partial charge in [-0.05, 0) is 83.3 Å². The molecule has 36 heavy (non-hydrogen) atoms. The van der Waals surface area contributed by atoms with Gasteiger partial charge in [-0.2, -0.15) is 0 Å². The van der Waals surface area contributed by atoms with Gasteiger partial charge in [0.05, 0.1) is 18.5 Å². The summed E-state index contributed by atoms with van der Waals surface area (Å²) in [6.45, 7) is 19.7. The number of alkyl halides is 1. The molecule has 0 bridgehead atoms. The van der Waals surface area contributed by atoms with Crippen LogP contribution in [0.4, 0.5) is 8.78 Å². The maximum atomic E-state index is 15.0. The molecule has 0 aliphatic carbocycles. The lowest BCUT2D eigenvalue weighted by Crippen LogP contribution is -2.41. The molecule has 2 fully saturated rings. The van der Waals surface area contributed by atoms with Gasteiger partial charge in [0.2, 0.25) is 0 Å². The standard InChI is InChI=1S/C29H42F2N4O/c1-21-8-7-13-35(18-21)22(2)26-10-9-25(16-27(26)30)28(32-6)17-33-23(3)36-19-24-11-14-34(15-12-24)20-29(4,5)31/h9-10,16-17,21,24H,2,6-8,11-15,18-20H2,1,3-5H3/b28-17-,33-23?. The van der Waals surface area contributed by atoms with Crippen molar-refractivity contribution in [3.8, 4) is 0 Å². The van der Waals surface area contributed by atoms with Crippen molar-refractivity contribution in [1.82, 2.24) is 9.80 Å². The van der Waals surface area contributed by atoms with Gasteiger partial charge in [-0.1, -0.05) is 19.6 Å². The highest BCUT2D eigenvalue weighted by atomic mass is 19.1. The topological polar surface area (TPSA) is 40.4 Å². The Labute approximate surface area is 215 Å². The molecular weight excluding hydrogens is 458 g/mol. The highest BCUT2D eigenvalue weighted by molar-refractivity contribution is 5.77. The zero-order valence-electron chi connectivity index (χ0n) is 22.4. The van der Waals surface area contributed by atoms with E-state index >= 15 is 4.39 Å². The summed E-state index contributed by atoms with van der Waals surface area (Å²) in [4.78, 5) is 12.8. The number of halogens is 2. The molecule has 7 heteroatoms. The fourth-order valence-electron chi connectivity index (χ4n) is 4.99. The summed E-state index contributed by atoms with van der Waals surface area (Å²) < 4.78 is 34.8. The minimum Gasteiger partial charge on any atom is -0.481 e. The van der Waals surface area contributed by atoms with Gasteiger partial charge in [0.25, 0.3) is 0 Å². The van der Waals surface area contributed by atoms with Gasteiger partial charge in [0.15, 0.2) is 5.90 Å². The Hall–Kier alpha value is -2.54. The molecule has 0 spiro atoms. The first-order valence-corrected chi connectivity index (χ1v) is 13.0. The van der Waals surface area contributed by atoms with Gasteiger partial charge in [0.1, 0.15) is 11.5 Å². The van der Waals surface area contributed by atoms with Gasteiger partial charge < -0.3 is 14.5 Å². The molecule has 198 valence electrons. The number of benzene rings is 1. The summed E-state index contributed by atoms with van der Waals surface area (Å²) in [7, 11) is 0. The van der Waals surface area contributed by atoms with Crippen LogP contribution in [0.5, 0.6) is 0 Å². The first-order valence-electron chi connectivity index (χ1n) is 13.0. The van der Waals surface area contributed by atoms with Crippen LogP contribution in [-0.4, -0.2) is 67.4 Å². The van der Waals surface area contributed by atoms with Crippen LogP contribution in [0.2, 0.25) is 0 Å². The van der Waals surface area contributed by atoms with Gasteiger partial charge >= 0.3 is 0 Å². The summed E-state index contributed by atoms with van der Waals surface area (Å²) >= 11 is 0. The first-order chi connectivity index (χ1) is 17.1. The molecule has 0 amide bonds. The second kappa shape index (κ2) is 12.6. The van der Waals surface area contributed by atoms with Gasteiger partial charge in [0, 0.05) is 43.4 Å². The molecule has 1 aromatic rings. The maximum Gasteiger partial charge on any atom is 0.184 e. The summed E-state index contributed by atoms with van der Waals surface area (Å²) in [6, 6.07) is 5.05. The molecule has 2 saturated heterocycles. The van der Waals surface area contributed by atoms with Crippen molar-refractivity contribution in [3.63, 3.8) is 0 Å². The van der Waals surface area contributed by atoms with Crippen molar-refractivity contribution >= 4 is 24.0 Å². The number of piperidine rings is 2. The van der Waals surface area contributed by atoms with E-state index < -0.39 is 5.67 Å². The van der Waals surface area contributed by atoms with E-state index in [9.17, 15) is 4.39 Å². The van der Waals surface area contributed by atoms with Crippen LogP contribution in [0.15, 0.2) is 41.0 Å². The summed E-state index contributed by atoms with van der Waals surface area (Å²) in [5.41, 5.74) is 1.15. The number of aliphatic imine (C=N–C) groups is 2. The van der Waals surface area contributed by atoms with Crippen LogP contribution in [0, 0.1) is 17.7 Å². The van der Waals surface area contributed by atoms with E-state index in [1.165, 1.54) is 12.5 Å².